The fourth-order valence-corrected chi connectivity index (χ4v) is 3.45. The molecule has 0 unspecified atom stereocenters. The van der Waals surface area contributed by atoms with Crippen molar-refractivity contribution in [3.05, 3.63) is 0 Å². The van der Waals surface area contributed by atoms with Gasteiger partial charge in [-0.1, -0.05) is 0 Å². The van der Waals surface area contributed by atoms with Crippen LogP contribution in [0.3, 0.4) is 0 Å². The van der Waals surface area contributed by atoms with Gasteiger partial charge in [0.2, 0.25) is 0 Å². The first-order chi connectivity index (χ1) is 9.49. The molecule has 2 fully saturated rings. The summed E-state index contributed by atoms with van der Waals surface area (Å²) < 4.78 is 5.17. The molecule has 4 heteroatoms. The lowest BCUT2D eigenvalue weighted by Gasteiger charge is -2.42. The van der Waals surface area contributed by atoms with E-state index in [1.807, 2.05) is 0 Å². The Kier molecular flexibility index (Phi) is 5.84. The van der Waals surface area contributed by atoms with Crippen molar-refractivity contribution < 1.29 is 4.74 Å². The number of piperazine rings is 1. The summed E-state index contributed by atoms with van der Waals surface area (Å²) in [5.41, 5.74) is 0.330. The smallest absolute Gasteiger partial charge is 0.0589 e. The van der Waals surface area contributed by atoms with Crippen molar-refractivity contribution in [1.82, 2.24) is 14.7 Å². The zero-order valence-corrected chi connectivity index (χ0v) is 13.9. The average molecular weight is 283 g/mol. The Morgan fingerprint density at radius 3 is 2.30 bits per heavy atom. The first-order valence-corrected chi connectivity index (χ1v) is 8.18. The molecule has 20 heavy (non-hydrogen) atoms. The van der Waals surface area contributed by atoms with Crippen LogP contribution in [0.2, 0.25) is 0 Å². The Bertz CT molecular complexity index is 282. The van der Waals surface area contributed by atoms with Gasteiger partial charge in [0.1, 0.15) is 0 Å². The van der Waals surface area contributed by atoms with Crippen LogP contribution >= 0.6 is 0 Å². The third-order valence-corrected chi connectivity index (χ3v) is 4.82. The van der Waals surface area contributed by atoms with Crippen LogP contribution in [-0.2, 0) is 4.74 Å². The number of hydrogen-bond donors (Lipinski definition) is 0. The van der Waals surface area contributed by atoms with Crippen molar-refractivity contribution in [2.75, 3.05) is 66.1 Å². The molecule has 0 aromatic rings. The second kappa shape index (κ2) is 7.21. The van der Waals surface area contributed by atoms with Gasteiger partial charge >= 0.3 is 0 Å². The molecule has 0 aromatic carbocycles. The van der Waals surface area contributed by atoms with Gasteiger partial charge in [0.05, 0.1) is 6.61 Å². The van der Waals surface area contributed by atoms with Gasteiger partial charge in [-0.25, -0.2) is 0 Å². The molecule has 0 radical (unpaired) electrons. The molecule has 0 aliphatic carbocycles. The molecule has 2 rings (SSSR count). The minimum atomic E-state index is 0.330. The molecule has 0 bridgehead atoms. The maximum absolute atomic E-state index is 5.17. The molecule has 0 spiro atoms. The molecule has 2 aliphatic rings. The van der Waals surface area contributed by atoms with Gasteiger partial charge in [0.15, 0.2) is 0 Å². The predicted octanol–water partition coefficient (Wildman–Crippen LogP) is 1.37. The predicted molar refractivity (Wildman–Crippen MR) is 84.2 cm³/mol. The van der Waals surface area contributed by atoms with Crippen LogP contribution < -0.4 is 0 Å². The van der Waals surface area contributed by atoms with E-state index < -0.39 is 0 Å². The summed E-state index contributed by atoms with van der Waals surface area (Å²) >= 11 is 0. The van der Waals surface area contributed by atoms with Gasteiger partial charge in [-0.2, -0.15) is 0 Å². The summed E-state index contributed by atoms with van der Waals surface area (Å²) in [4.78, 5) is 7.84. The minimum Gasteiger partial charge on any atom is -0.383 e. The summed E-state index contributed by atoms with van der Waals surface area (Å²) in [6.45, 7) is 17.7. The van der Waals surface area contributed by atoms with Crippen molar-refractivity contribution in [3.8, 4) is 0 Å². The van der Waals surface area contributed by atoms with E-state index in [9.17, 15) is 0 Å². The summed E-state index contributed by atoms with van der Waals surface area (Å²) in [5.74, 6) is 0.869. The Labute approximate surface area is 125 Å². The SMILES string of the molecule is COCCN1CC[C@H](CN2CCN(C(C)(C)C)CC2)C1. The van der Waals surface area contributed by atoms with Gasteiger partial charge in [-0.15, -0.1) is 0 Å². The van der Waals surface area contributed by atoms with E-state index in [0.717, 1.165) is 19.1 Å². The molecule has 2 aliphatic heterocycles. The number of nitrogens with zero attached hydrogens (tertiary/aromatic N) is 3. The molecule has 0 aromatic heterocycles. The molecule has 2 heterocycles. The van der Waals surface area contributed by atoms with Crippen LogP contribution in [-0.4, -0.2) is 86.3 Å². The van der Waals surface area contributed by atoms with Crippen molar-refractivity contribution in [2.24, 2.45) is 5.92 Å². The lowest BCUT2D eigenvalue weighted by molar-refractivity contribution is 0.0555. The number of methoxy groups -OCH3 is 1. The minimum absolute atomic E-state index is 0.330. The van der Waals surface area contributed by atoms with E-state index in [1.165, 1.54) is 52.2 Å². The maximum Gasteiger partial charge on any atom is 0.0589 e. The Morgan fingerprint density at radius 2 is 1.70 bits per heavy atom. The molecule has 0 saturated carbocycles. The molecule has 4 nitrogen and oxygen atoms in total. The monoisotopic (exact) mass is 283 g/mol. The van der Waals surface area contributed by atoms with Crippen LogP contribution in [0.1, 0.15) is 27.2 Å². The summed E-state index contributed by atoms with van der Waals surface area (Å²) in [7, 11) is 1.79. The highest BCUT2D eigenvalue weighted by Gasteiger charge is 2.28. The van der Waals surface area contributed by atoms with Gasteiger partial charge in [0, 0.05) is 58.5 Å². The fraction of sp³-hybridized carbons (Fsp3) is 1.00. The Balaban J connectivity index is 1.66. The highest BCUT2D eigenvalue weighted by molar-refractivity contribution is 4.84. The number of ether oxygens (including phenoxy) is 1. The zero-order chi connectivity index (χ0) is 14.6. The molecular weight excluding hydrogens is 250 g/mol. The standard InChI is InChI=1S/C16H33N3O/c1-16(2,3)19-9-7-18(8-10-19)14-15-5-6-17(13-15)11-12-20-4/h15H,5-14H2,1-4H3/t15-/m0/s1. The van der Waals surface area contributed by atoms with Crippen LogP contribution in [0.5, 0.6) is 0 Å². The Morgan fingerprint density at radius 1 is 1.00 bits per heavy atom. The molecule has 0 amide bonds. The van der Waals surface area contributed by atoms with Gasteiger partial charge in [0.25, 0.3) is 0 Å². The zero-order valence-electron chi connectivity index (χ0n) is 13.9. The molecular formula is C16H33N3O. The first kappa shape index (κ1) is 16.2. The largest absolute Gasteiger partial charge is 0.383 e. The number of likely N-dealkylation sites (tertiary alicyclic amines) is 1. The quantitative estimate of drug-likeness (QED) is 0.758. The number of rotatable bonds is 5. The van der Waals surface area contributed by atoms with Gasteiger partial charge in [-0.3, -0.25) is 4.90 Å². The molecule has 2 saturated heterocycles. The maximum atomic E-state index is 5.17. The van der Waals surface area contributed by atoms with E-state index in [-0.39, 0.29) is 0 Å². The highest BCUT2D eigenvalue weighted by Crippen LogP contribution is 2.20. The molecule has 1 atom stereocenters. The van der Waals surface area contributed by atoms with Crippen LogP contribution in [0.15, 0.2) is 0 Å². The second-order valence-electron chi connectivity index (χ2n) is 7.41. The van der Waals surface area contributed by atoms with Crippen LogP contribution in [0, 0.1) is 5.92 Å². The van der Waals surface area contributed by atoms with E-state index in [4.69, 9.17) is 4.74 Å². The summed E-state index contributed by atoms with van der Waals surface area (Å²) in [6, 6.07) is 0. The van der Waals surface area contributed by atoms with E-state index in [1.54, 1.807) is 7.11 Å². The number of hydrogen-bond acceptors (Lipinski definition) is 4. The molecule has 0 N–H and O–H groups in total. The van der Waals surface area contributed by atoms with Crippen molar-refractivity contribution in [3.63, 3.8) is 0 Å². The van der Waals surface area contributed by atoms with Gasteiger partial charge in [-0.05, 0) is 39.7 Å². The van der Waals surface area contributed by atoms with E-state index in [2.05, 4.69) is 35.5 Å². The fourth-order valence-electron chi connectivity index (χ4n) is 3.45. The van der Waals surface area contributed by atoms with Crippen LogP contribution in [0.25, 0.3) is 0 Å². The third-order valence-electron chi connectivity index (χ3n) is 4.82. The lowest BCUT2D eigenvalue weighted by atomic mass is 10.0. The summed E-state index contributed by atoms with van der Waals surface area (Å²) in [6.07, 6.45) is 1.36. The Hall–Kier alpha value is -0.160. The second-order valence-corrected chi connectivity index (χ2v) is 7.41. The van der Waals surface area contributed by atoms with Gasteiger partial charge < -0.3 is 14.5 Å². The van der Waals surface area contributed by atoms with Crippen LogP contribution in [0.4, 0.5) is 0 Å². The topological polar surface area (TPSA) is 19.0 Å². The van der Waals surface area contributed by atoms with Crippen molar-refractivity contribution in [2.45, 2.75) is 32.7 Å². The average Bonchev–Trinajstić information content (AvgIpc) is 2.83. The molecule has 118 valence electrons. The summed E-state index contributed by atoms with van der Waals surface area (Å²) in [5, 5.41) is 0. The van der Waals surface area contributed by atoms with Crippen molar-refractivity contribution in [1.29, 1.82) is 0 Å². The highest BCUT2D eigenvalue weighted by atomic mass is 16.5. The van der Waals surface area contributed by atoms with E-state index in [0.29, 0.717) is 5.54 Å². The normalized spacial score (nSPS) is 27.3. The van der Waals surface area contributed by atoms with E-state index >= 15 is 0 Å². The van der Waals surface area contributed by atoms with Crippen molar-refractivity contribution >= 4 is 0 Å². The first-order valence-electron chi connectivity index (χ1n) is 8.18. The lowest BCUT2D eigenvalue weighted by Crippen LogP contribution is -2.54. The third kappa shape index (κ3) is 4.69.